The fourth-order valence-corrected chi connectivity index (χ4v) is 0.657. The highest BCUT2D eigenvalue weighted by molar-refractivity contribution is 4.79. The van der Waals surface area contributed by atoms with Gasteiger partial charge in [0.1, 0.15) is 0 Å². The van der Waals surface area contributed by atoms with E-state index >= 15 is 0 Å². The minimum absolute atomic E-state index is 0.449. The highest BCUT2D eigenvalue weighted by atomic mass is 16.5. The van der Waals surface area contributed by atoms with E-state index < -0.39 is 0 Å². The van der Waals surface area contributed by atoms with E-state index in [1.807, 2.05) is 0 Å². The van der Waals surface area contributed by atoms with Crippen LogP contribution in [-0.2, 0) is 4.74 Å². The Bertz CT molecular complexity index is 76.2. The lowest BCUT2D eigenvalue weighted by atomic mass is 10.2. The molecule has 1 aliphatic rings. The third-order valence-electron chi connectivity index (χ3n) is 1.15. The molecule has 0 saturated carbocycles. The molecule has 0 spiro atoms. The summed E-state index contributed by atoms with van der Waals surface area (Å²) in [7, 11) is 0. The highest BCUT2D eigenvalue weighted by Crippen LogP contribution is 2.07. The normalized spacial score (nSPS) is 29.6. The van der Waals surface area contributed by atoms with E-state index in [0.29, 0.717) is 6.10 Å². The first-order valence-electron chi connectivity index (χ1n) is 2.70. The van der Waals surface area contributed by atoms with Crippen molar-refractivity contribution in [2.24, 2.45) is 0 Å². The molecule has 7 heavy (non-hydrogen) atoms. The van der Waals surface area contributed by atoms with Gasteiger partial charge < -0.3 is 4.74 Å². The summed E-state index contributed by atoms with van der Waals surface area (Å²) in [5, 5.41) is 0. The molecule has 1 atom stereocenters. The summed E-state index contributed by atoms with van der Waals surface area (Å²) >= 11 is 0. The SMILES string of the molecule is C[C@H]1CCC=CO1. The second-order valence-electron chi connectivity index (χ2n) is 1.90. The summed E-state index contributed by atoms with van der Waals surface area (Å²) in [5.41, 5.74) is 0. The van der Waals surface area contributed by atoms with Gasteiger partial charge in [-0.3, -0.25) is 0 Å². The molecule has 0 bridgehead atoms. The number of hydrogen-bond donors (Lipinski definition) is 0. The van der Waals surface area contributed by atoms with Crippen LogP contribution in [0.3, 0.4) is 0 Å². The number of rotatable bonds is 0. The maximum absolute atomic E-state index is 5.10. The number of ether oxygens (including phenoxy) is 1. The van der Waals surface area contributed by atoms with Crippen molar-refractivity contribution in [2.75, 3.05) is 0 Å². The Morgan fingerprint density at radius 3 is 2.86 bits per heavy atom. The average Bonchev–Trinajstić information content (AvgIpc) is 1.69. The van der Waals surface area contributed by atoms with Crippen molar-refractivity contribution < 1.29 is 4.74 Å². The van der Waals surface area contributed by atoms with Gasteiger partial charge in [0, 0.05) is 0 Å². The Labute approximate surface area is 44.0 Å². The van der Waals surface area contributed by atoms with Gasteiger partial charge in [-0.2, -0.15) is 0 Å². The fourth-order valence-electron chi connectivity index (χ4n) is 0.657. The molecular formula is C6H10O. The molecule has 0 radical (unpaired) electrons. The monoisotopic (exact) mass is 98.1 g/mol. The van der Waals surface area contributed by atoms with Crippen LogP contribution >= 0.6 is 0 Å². The zero-order valence-corrected chi connectivity index (χ0v) is 4.55. The van der Waals surface area contributed by atoms with Crippen molar-refractivity contribution >= 4 is 0 Å². The fraction of sp³-hybridized carbons (Fsp3) is 0.667. The van der Waals surface area contributed by atoms with E-state index in [9.17, 15) is 0 Å². The molecule has 1 rings (SSSR count). The second-order valence-corrected chi connectivity index (χ2v) is 1.90. The van der Waals surface area contributed by atoms with Crippen LogP contribution < -0.4 is 0 Å². The van der Waals surface area contributed by atoms with E-state index in [2.05, 4.69) is 13.0 Å². The minimum Gasteiger partial charge on any atom is -0.499 e. The number of allylic oxidation sites excluding steroid dienone is 1. The first-order valence-corrected chi connectivity index (χ1v) is 2.70. The molecule has 1 heterocycles. The van der Waals surface area contributed by atoms with E-state index in [1.165, 1.54) is 12.8 Å². The lowest BCUT2D eigenvalue weighted by Crippen LogP contribution is -2.05. The number of hydrogen-bond acceptors (Lipinski definition) is 1. The zero-order chi connectivity index (χ0) is 5.11. The van der Waals surface area contributed by atoms with Crippen molar-refractivity contribution in [3.63, 3.8) is 0 Å². The Balaban J connectivity index is 2.32. The summed E-state index contributed by atoms with van der Waals surface area (Å²) in [6.07, 6.45) is 6.65. The maximum Gasteiger partial charge on any atom is 0.0953 e. The summed E-state index contributed by atoms with van der Waals surface area (Å²) in [5.74, 6) is 0. The lowest BCUT2D eigenvalue weighted by molar-refractivity contribution is 0.141. The first kappa shape index (κ1) is 4.69. The molecule has 0 aromatic heterocycles. The predicted molar refractivity (Wildman–Crippen MR) is 28.9 cm³/mol. The van der Waals surface area contributed by atoms with Gasteiger partial charge in [0.25, 0.3) is 0 Å². The Morgan fingerprint density at radius 2 is 2.57 bits per heavy atom. The van der Waals surface area contributed by atoms with Crippen LogP contribution in [0.5, 0.6) is 0 Å². The van der Waals surface area contributed by atoms with Crippen LogP contribution in [0.1, 0.15) is 19.8 Å². The van der Waals surface area contributed by atoms with Gasteiger partial charge in [0.05, 0.1) is 12.4 Å². The molecule has 0 aromatic rings. The van der Waals surface area contributed by atoms with Crippen molar-refractivity contribution in [3.05, 3.63) is 12.3 Å². The van der Waals surface area contributed by atoms with E-state index in [0.717, 1.165) is 0 Å². The molecule has 1 heteroatoms. The Morgan fingerprint density at radius 1 is 1.71 bits per heavy atom. The van der Waals surface area contributed by atoms with Crippen LogP contribution in [0.25, 0.3) is 0 Å². The lowest BCUT2D eigenvalue weighted by Gasteiger charge is -2.12. The van der Waals surface area contributed by atoms with Gasteiger partial charge in [-0.25, -0.2) is 0 Å². The predicted octanol–water partition coefficient (Wildman–Crippen LogP) is 1.70. The molecule has 0 N–H and O–H groups in total. The minimum atomic E-state index is 0.449. The standard InChI is InChI=1S/C6H10O/c1-6-4-2-3-5-7-6/h3,5-6H,2,4H2,1H3/t6-/m0/s1. The zero-order valence-electron chi connectivity index (χ0n) is 4.55. The van der Waals surface area contributed by atoms with Crippen LogP contribution in [-0.4, -0.2) is 6.10 Å². The Kier molecular flexibility index (Phi) is 1.35. The van der Waals surface area contributed by atoms with Gasteiger partial charge in [0.15, 0.2) is 0 Å². The highest BCUT2D eigenvalue weighted by Gasteiger charge is 2.00. The van der Waals surface area contributed by atoms with Crippen LogP contribution in [0.2, 0.25) is 0 Å². The summed E-state index contributed by atoms with van der Waals surface area (Å²) < 4.78 is 5.10. The van der Waals surface area contributed by atoms with E-state index in [-0.39, 0.29) is 0 Å². The molecule has 0 fully saturated rings. The molecule has 1 nitrogen and oxygen atoms in total. The summed E-state index contributed by atoms with van der Waals surface area (Å²) in [6.45, 7) is 2.09. The van der Waals surface area contributed by atoms with Gasteiger partial charge in [-0.1, -0.05) is 0 Å². The third-order valence-corrected chi connectivity index (χ3v) is 1.15. The van der Waals surface area contributed by atoms with E-state index in [4.69, 9.17) is 4.74 Å². The molecular weight excluding hydrogens is 88.1 g/mol. The molecule has 0 aromatic carbocycles. The molecule has 0 amide bonds. The van der Waals surface area contributed by atoms with Crippen LogP contribution in [0.15, 0.2) is 12.3 Å². The second kappa shape index (κ2) is 2.01. The largest absolute Gasteiger partial charge is 0.499 e. The quantitative estimate of drug-likeness (QED) is 0.448. The third kappa shape index (κ3) is 1.22. The molecule has 0 saturated heterocycles. The van der Waals surface area contributed by atoms with Crippen molar-refractivity contribution in [1.82, 2.24) is 0 Å². The molecule has 1 aliphatic heterocycles. The van der Waals surface area contributed by atoms with Crippen LogP contribution in [0, 0.1) is 0 Å². The van der Waals surface area contributed by atoms with Gasteiger partial charge >= 0.3 is 0 Å². The van der Waals surface area contributed by atoms with Gasteiger partial charge in [-0.05, 0) is 25.8 Å². The van der Waals surface area contributed by atoms with Crippen LogP contribution in [0.4, 0.5) is 0 Å². The summed E-state index contributed by atoms with van der Waals surface area (Å²) in [4.78, 5) is 0. The topological polar surface area (TPSA) is 9.23 Å². The van der Waals surface area contributed by atoms with Crippen molar-refractivity contribution in [2.45, 2.75) is 25.9 Å². The average molecular weight is 98.1 g/mol. The molecule has 40 valence electrons. The van der Waals surface area contributed by atoms with E-state index in [1.54, 1.807) is 6.26 Å². The molecule has 0 aliphatic carbocycles. The molecule has 0 unspecified atom stereocenters. The van der Waals surface area contributed by atoms with Gasteiger partial charge in [0.2, 0.25) is 0 Å². The van der Waals surface area contributed by atoms with Gasteiger partial charge in [-0.15, -0.1) is 0 Å². The first-order chi connectivity index (χ1) is 3.39. The smallest absolute Gasteiger partial charge is 0.0953 e. The maximum atomic E-state index is 5.10. The van der Waals surface area contributed by atoms with Crippen molar-refractivity contribution in [3.8, 4) is 0 Å². The van der Waals surface area contributed by atoms with Crippen molar-refractivity contribution in [1.29, 1.82) is 0 Å². The summed E-state index contributed by atoms with van der Waals surface area (Å²) in [6, 6.07) is 0. The Hall–Kier alpha value is -0.460.